The molecule has 1 N–H and O–H groups in total. The summed E-state index contributed by atoms with van der Waals surface area (Å²) in [7, 11) is 0. The number of hydrogen-bond donors (Lipinski definition) is 1. The molecular weight excluding hydrogens is 214 g/mol. The second-order valence-corrected chi connectivity index (χ2v) is 5.13. The maximum Gasteiger partial charge on any atom is 0.146 e. The van der Waals surface area contributed by atoms with Crippen LogP contribution in [0.1, 0.15) is 6.42 Å². The summed E-state index contributed by atoms with van der Waals surface area (Å²) in [5.74, 6) is 3.35. The molecule has 2 rings (SSSR count). The summed E-state index contributed by atoms with van der Waals surface area (Å²) in [5.41, 5.74) is 0. The zero-order valence-electron chi connectivity index (χ0n) is 8.06. The van der Waals surface area contributed by atoms with Gasteiger partial charge in [-0.3, -0.25) is 4.98 Å². The molecule has 5 heteroatoms. The lowest BCUT2D eigenvalue weighted by molar-refractivity contribution is 0.801. The van der Waals surface area contributed by atoms with Gasteiger partial charge in [0.2, 0.25) is 0 Å². The lowest BCUT2D eigenvalue weighted by Gasteiger charge is -2.11. The Morgan fingerprint density at radius 1 is 1.57 bits per heavy atom. The van der Waals surface area contributed by atoms with E-state index in [2.05, 4.69) is 15.3 Å². The highest BCUT2D eigenvalue weighted by Gasteiger charge is 2.15. The maximum atomic E-state index is 4.43. The largest absolute Gasteiger partial charge is 0.365 e. The molecule has 14 heavy (non-hydrogen) atoms. The second-order valence-electron chi connectivity index (χ2n) is 3.15. The number of nitrogens with zero attached hydrogens (tertiary/aromatic N) is 2. The van der Waals surface area contributed by atoms with E-state index < -0.39 is 0 Å². The summed E-state index contributed by atoms with van der Waals surface area (Å²) >= 11 is 3.62. The molecule has 0 aromatic carbocycles. The monoisotopic (exact) mass is 227 g/mol. The van der Waals surface area contributed by atoms with Gasteiger partial charge in [0.1, 0.15) is 10.8 Å². The van der Waals surface area contributed by atoms with Gasteiger partial charge >= 0.3 is 0 Å². The number of aromatic nitrogens is 2. The van der Waals surface area contributed by atoms with Gasteiger partial charge in [0.15, 0.2) is 0 Å². The first-order chi connectivity index (χ1) is 6.88. The van der Waals surface area contributed by atoms with Crippen molar-refractivity contribution in [2.24, 2.45) is 0 Å². The van der Waals surface area contributed by atoms with Gasteiger partial charge in [-0.1, -0.05) is 0 Å². The van der Waals surface area contributed by atoms with Crippen LogP contribution in [-0.4, -0.2) is 33.8 Å². The fourth-order valence-corrected chi connectivity index (χ4v) is 2.88. The van der Waals surface area contributed by atoms with Crippen LogP contribution in [0.5, 0.6) is 0 Å². The molecule has 76 valence electrons. The van der Waals surface area contributed by atoms with Crippen LogP contribution in [0.2, 0.25) is 0 Å². The molecule has 0 saturated carbocycles. The molecule has 0 aliphatic carbocycles. The number of nitrogens with one attached hydrogen (secondary N) is 1. The molecule has 1 saturated heterocycles. The Bertz CT molecular complexity index is 300. The first-order valence-electron chi connectivity index (χ1n) is 4.59. The minimum Gasteiger partial charge on any atom is -0.365 e. The highest BCUT2D eigenvalue weighted by atomic mass is 32.2. The molecule has 0 spiro atoms. The van der Waals surface area contributed by atoms with Crippen molar-refractivity contribution >= 4 is 29.3 Å². The van der Waals surface area contributed by atoms with Crippen LogP contribution in [0.15, 0.2) is 17.4 Å². The Morgan fingerprint density at radius 2 is 2.50 bits per heavy atom. The first kappa shape index (κ1) is 10.1. The van der Waals surface area contributed by atoms with E-state index in [9.17, 15) is 0 Å². The summed E-state index contributed by atoms with van der Waals surface area (Å²) in [6, 6.07) is 0.575. The van der Waals surface area contributed by atoms with Crippen LogP contribution >= 0.6 is 23.5 Å². The predicted molar refractivity (Wildman–Crippen MR) is 63.2 cm³/mol. The molecule has 1 unspecified atom stereocenters. The molecule has 1 fully saturated rings. The molecule has 3 nitrogen and oxygen atoms in total. The SMILES string of the molecule is CSc1cncc(NC2CCSC2)n1. The first-order valence-corrected chi connectivity index (χ1v) is 6.97. The van der Waals surface area contributed by atoms with Crippen LogP contribution in [0.4, 0.5) is 5.82 Å². The van der Waals surface area contributed by atoms with Crippen molar-refractivity contribution in [2.75, 3.05) is 23.1 Å². The van der Waals surface area contributed by atoms with Gasteiger partial charge in [0.05, 0.1) is 12.4 Å². The number of thioether (sulfide) groups is 2. The molecule has 0 bridgehead atoms. The molecule has 1 aromatic heterocycles. The van der Waals surface area contributed by atoms with Crippen LogP contribution in [0, 0.1) is 0 Å². The number of hydrogen-bond acceptors (Lipinski definition) is 5. The Morgan fingerprint density at radius 3 is 3.21 bits per heavy atom. The quantitative estimate of drug-likeness (QED) is 0.801. The third-order valence-electron chi connectivity index (χ3n) is 2.10. The van der Waals surface area contributed by atoms with Crippen molar-refractivity contribution in [3.63, 3.8) is 0 Å². The average molecular weight is 227 g/mol. The molecule has 0 radical (unpaired) electrons. The lowest BCUT2D eigenvalue weighted by atomic mass is 10.3. The van der Waals surface area contributed by atoms with Crippen LogP contribution in [0.25, 0.3) is 0 Å². The normalized spacial score (nSPS) is 21.1. The Balaban J connectivity index is 2.00. The third kappa shape index (κ3) is 2.54. The summed E-state index contributed by atoms with van der Waals surface area (Å²) < 4.78 is 0. The molecule has 1 aromatic rings. The number of anilines is 1. The smallest absolute Gasteiger partial charge is 0.146 e. The van der Waals surface area contributed by atoms with E-state index in [-0.39, 0.29) is 0 Å². The highest BCUT2D eigenvalue weighted by Crippen LogP contribution is 2.21. The van der Waals surface area contributed by atoms with Crippen molar-refractivity contribution in [1.29, 1.82) is 0 Å². The fourth-order valence-electron chi connectivity index (χ4n) is 1.37. The zero-order valence-corrected chi connectivity index (χ0v) is 9.70. The van der Waals surface area contributed by atoms with Gasteiger partial charge in [-0.15, -0.1) is 11.8 Å². The van der Waals surface area contributed by atoms with E-state index >= 15 is 0 Å². The van der Waals surface area contributed by atoms with Crippen molar-refractivity contribution in [3.05, 3.63) is 12.4 Å². The van der Waals surface area contributed by atoms with E-state index in [4.69, 9.17) is 0 Å². The molecule has 1 aliphatic rings. The van der Waals surface area contributed by atoms with E-state index in [0.717, 1.165) is 10.8 Å². The van der Waals surface area contributed by atoms with Crippen LogP contribution in [-0.2, 0) is 0 Å². The van der Waals surface area contributed by atoms with Gasteiger partial charge in [-0.05, 0) is 18.4 Å². The van der Waals surface area contributed by atoms with Gasteiger partial charge < -0.3 is 5.32 Å². The average Bonchev–Trinajstić information content (AvgIpc) is 2.71. The van der Waals surface area contributed by atoms with Gasteiger partial charge in [0.25, 0.3) is 0 Å². The molecule has 1 atom stereocenters. The predicted octanol–water partition coefficient (Wildman–Crippen LogP) is 2.12. The van der Waals surface area contributed by atoms with Crippen LogP contribution in [0.3, 0.4) is 0 Å². The standard InChI is InChI=1S/C9H13N3S2/c1-13-9-5-10-4-8(12-9)11-7-2-3-14-6-7/h4-5,7H,2-3,6H2,1H3,(H,11,12). The minimum atomic E-state index is 0.575. The highest BCUT2D eigenvalue weighted by molar-refractivity contribution is 7.99. The van der Waals surface area contributed by atoms with Crippen LogP contribution < -0.4 is 5.32 Å². The summed E-state index contributed by atoms with van der Waals surface area (Å²) in [6.07, 6.45) is 6.83. The maximum absolute atomic E-state index is 4.43. The molecule has 0 amide bonds. The second kappa shape index (κ2) is 4.89. The summed E-state index contributed by atoms with van der Waals surface area (Å²) in [5, 5.41) is 4.38. The lowest BCUT2D eigenvalue weighted by Crippen LogP contribution is -2.19. The Kier molecular flexibility index (Phi) is 3.53. The van der Waals surface area contributed by atoms with Crippen molar-refractivity contribution in [3.8, 4) is 0 Å². The van der Waals surface area contributed by atoms with Crippen molar-refractivity contribution in [1.82, 2.24) is 9.97 Å². The third-order valence-corrected chi connectivity index (χ3v) is 3.88. The van der Waals surface area contributed by atoms with E-state index in [1.165, 1.54) is 17.9 Å². The van der Waals surface area contributed by atoms with Gasteiger partial charge in [-0.25, -0.2) is 4.98 Å². The fraction of sp³-hybridized carbons (Fsp3) is 0.556. The van der Waals surface area contributed by atoms with Gasteiger partial charge in [0, 0.05) is 11.8 Å². The summed E-state index contributed by atoms with van der Waals surface area (Å²) in [6.45, 7) is 0. The van der Waals surface area contributed by atoms with Gasteiger partial charge in [-0.2, -0.15) is 11.8 Å². The van der Waals surface area contributed by atoms with E-state index in [1.807, 2.05) is 18.0 Å². The molecular formula is C9H13N3S2. The molecule has 1 aliphatic heterocycles. The minimum absolute atomic E-state index is 0.575. The Hall–Kier alpha value is -0.420. The molecule has 2 heterocycles. The summed E-state index contributed by atoms with van der Waals surface area (Å²) in [4.78, 5) is 8.58. The van der Waals surface area contributed by atoms with E-state index in [0.29, 0.717) is 6.04 Å². The zero-order chi connectivity index (χ0) is 9.80. The van der Waals surface area contributed by atoms with E-state index in [1.54, 1.807) is 24.2 Å². The van der Waals surface area contributed by atoms with Crippen molar-refractivity contribution < 1.29 is 0 Å². The Labute approximate surface area is 92.5 Å². The van der Waals surface area contributed by atoms with Crippen molar-refractivity contribution in [2.45, 2.75) is 17.5 Å². The number of rotatable bonds is 3. The topological polar surface area (TPSA) is 37.8 Å².